The third-order valence-electron chi connectivity index (χ3n) is 7.20. The fourth-order valence-corrected chi connectivity index (χ4v) is 5.50. The molecule has 2 aromatic carbocycles. The Bertz CT molecular complexity index is 1270. The molecule has 2 aliphatic rings. The Kier molecular flexibility index (Phi) is 7.92. The Morgan fingerprint density at radius 2 is 1.89 bits per heavy atom. The van der Waals surface area contributed by atoms with Gasteiger partial charge in [-0.3, -0.25) is 9.59 Å². The van der Waals surface area contributed by atoms with E-state index in [2.05, 4.69) is 5.32 Å². The lowest BCUT2D eigenvalue weighted by atomic mass is 9.71. The number of amides is 1. The average molecular weight is 524 g/mol. The molecule has 2 N–H and O–H groups in total. The SMILES string of the molecule is COc1ccccc1CC(O)(CC(=O)NC1C=CC2=COCC2C1=O)CC(C)(C)c1cc(F)ccc1OC. The molecule has 0 bridgehead atoms. The number of nitrogens with one attached hydrogen (secondary N) is 1. The second-order valence-electron chi connectivity index (χ2n) is 10.6. The van der Waals surface area contributed by atoms with Crippen molar-refractivity contribution in [2.75, 3.05) is 20.8 Å². The molecule has 7 nitrogen and oxygen atoms in total. The quantitative estimate of drug-likeness (QED) is 0.489. The summed E-state index contributed by atoms with van der Waals surface area (Å²) in [7, 11) is 3.05. The van der Waals surface area contributed by atoms with Crippen LogP contribution in [0.5, 0.6) is 11.5 Å². The number of allylic oxidation sites excluding steroid dienone is 1. The van der Waals surface area contributed by atoms with Gasteiger partial charge in [-0.05, 0) is 41.7 Å². The highest BCUT2D eigenvalue weighted by atomic mass is 19.1. The van der Waals surface area contributed by atoms with E-state index in [1.807, 2.05) is 32.0 Å². The molecule has 4 rings (SSSR count). The topological polar surface area (TPSA) is 94.1 Å². The maximum atomic E-state index is 14.2. The minimum Gasteiger partial charge on any atom is -0.500 e. The molecule has 1 aliphatic carbocycles. The third kappa shape index (κ3) is 5.91. The number of hydrogen-bond donors (Lipinski definition) is 2. The smallest absolute Gasteiger partial charge is 0.223 e. The average Bonchev–Trinajstić information content (AvgIpc) is 3.35. The molecule has 1 amide bonds. The number of carbonyl (C=O) groups is 2. The first-order chi connectivity index (χ1) is 18.0. The summed E-state index contributed by atoms with van der Waals surface area (Å²) in [5.74, 6) is -0.384. The largest absolute Gasteiger partial charge is 0.500 e. The van der Waals surface area contributed by atoms with Gasteiger partial charge >= 0.3 is 0 Å². The molecule has 0 saturated carbocycles. The van der Waals surface area contributed by atoms with Gasteiger partial charge in [0, 0.05) is 17.6 Å². The minimum absolute atomic E-state index is 0.100. The van der Waals surface area contributed by atoms with E-state index in [0.717, 1.165) is 11.1 Å². The van der Waals surface area contributed by atoms with E-state index >= 15 is 0 Å². The zero-order valence-corrected chi connectivity index (χ0v) is 22.1. The molecule has 0 saturated heterocycles. The van der Waals surface area contributed by atoms with Gasteiger partial charge < -0.3 is 24.6 Å². The first kappa shape index (κ1) is 27.4. The number of Topliss-reactive ketones (excluding diaryl/α,β-unsaturated/α-hetero) is 1. The number of benzene rings is 2. The number of carbonyl (C=O) groups excluding carboxylic acids is 2. The number of ketones is 1. The summed E-state index contributed by atoms with van der Waals surface area (Å²) in [5, 5.41) is 14.8. The Morgan fingerprint density at radius 1 is 1.16 bits per heavy atom. The van der Waals surface area contributed by atoms with Crippen LogP contribution in [0, 0.1) is 11.7 Å². The van der Waals surface area contributed by atoms with Crippen molar-refractivity contribution >= 4 is 11.7 Å². The zero-order chi connectivity index (χ0) is 27.5. The highest BCUT2D eigenvalue weighted by molar-refractivity contribution is 5.96. The Hall–Kier alpha value is -3.65. The maximum Gasteiger partial charge on any atom is 0.223 e. The number of fused-ring (bicyclic) bond motifs is 1. The van der Waals surface area contributed by atoms with Crippen LogP contribution in [0.2, 0.25) is 0 Å². The summed E-state index contributed by atoms with van der Waals surface area (Å²) >= 11 is 0. The number of methoxy groups -OCH3 is 2. The van der Waals surface area contributed by atoms with Crippen molar-refractivity contribution in [3.05, 3.63) is 83.4 Å². The van der Waals surface area contributed by atoms with Gasteiger partial charge in [0.25, 0.3) is 0 Å². The molecule has 3 atom stereocenters. The van der Waals surface area contributed by atoms with Crippen molar-refractivity contribution in [2.24, 2.45) is 5.92 Å². The molecule has 0 spiro atoms. The van der Waals surface area contributed by atoms with Gasteiger partial charge in [0.05, 0.1) is 38.4 Å². The summed E-state index contributed by atoms with van der Waals surface area (Å²) in [5.41, 5.74) is -0.267. The van der Waals surface area contributed by atoms with Gasteiger partial charge in [-0.15, -0.1) is 0 Å². The van der Waals surface area contributed by atoms with Gasteiger partial charge in [-0.25, -0.2) is 4.39 Å². The normalized spacial score (nSPS) is 20.2. The van der Waals surface area contributed by atoms with Gasteiger partial charge in [-0.1, -0.05) is 44.2 Å². The number of rotatable bonds is 10. The number of halogens is 1. The molecular weight excluding hydrogens is 489 g/mol. The molecule has 1 heterocycles. The summed E-state index contributed by atoms with van der Waals surface area (Å²) < 4.78 is 30.5. The summed E-state index contributed by atoms with van der Waals surface area (Å²) in [6, 6.07) is 10.7. The van der Waals surface area contributed by atoms with Crippen LogP contribution in [0.3, 0.4) is 0 Å². The van der Waals surface area contributed by atoms with E-state index in [1.165, 1.54) is 19.2 Å². The molecule has 0 aromatic heterocycles. The van der Waals surface area contributed by atoms with Gasteiger partial charge in [0.15, 0.2) is 5.78 Å². The highest BCUT2D eigenvalue weighted by Gasteiger charge is 2.41. The Morgan fingerprint density at radius 3 is 2.63 bits per heavy atom. The predicted molar refractivity (Wildman–Crippen MR) is 140 cm³/mol. The Balaban J connectivity index is 1.61. The van der Waals surface area contributed by atoms with Crippen LogP contribution in [-0.2, 0) is 26.2 Å². The lowest BCUT2D eigenvalue weighted by molar-refractivity contribution is -0.132. The molecule has 38 heavy (non-hydrogen) atoms. The first-order valence-electron chi connectivity index (χ1n) is 12.6. The van der Waals surface area contributed by atoms with Gasteiger partial charge in [0.2, 0.25) is 5.91 Å². The van der Waals surface area contributed by atoms with Crippen molar-refractivity contribution in [1.29, 1.82) is 0 Å². The van der Waals surface area contributed by atoms with Crippen molar-refractivity contribution < 1.29 is 33.3 Å². The first-order valence-corrected chi connectivity index (χ1v) is 12.6. The fraction of sp³-hybridized carbons (Fsp3) is 0.400. The number of aliphatic hydroxyl groups is 1. The van der Waals surface area contributed by atoms with E-state index < -0.39 is 34.7 Å². The standard InChI is InChI=1S/C30H34FNO6/c1-29(2,23-13-21(31)10-12-26(23)37-4)18-30(35,14-19-7-5-6-8-25(19)36-3)15-27(33)32-24-11-9-20-16-38-17-22(20)28(24)34/h5-13,16,22,24,35H,14-15,17-18H2,1-4H3,(H,32,33). The van der Waals surface area contributed by atoms with Crippen molar-refractivity contribution in [2.45, 2.75) is 50.2 Å². The number of hydrogen-bond acceptors (Lipinski definition) is 6. The van der Waals surface area contributed by atoms with Crippen LogP contribution >= 0.6 is 0 Å². The summed E-state index contributed by atoms with van der Waals surface area (Å²) in [4.78, 5) is 26.2. The minimum atomic E-state index is -1.57. The molecule has 0 fully saturated rings. The molecule has 202 valence electrons. The van der Waals surface area contributed by atoms with Crippen LogP contribution < -0.4 is 14.8 Å². The van der Waals surface area contributed by atoms with Crippen LogP contribution in [0.15, 0.2) is 66.5 Å². The van der Waals surface area contributed by atoms with Crippen LogP contribution in [0.4, 0.5) is 4.39 Å². The third-order valence-corrected chi connectivity index (χ3v) is 7.20. The molecule has 0 radical (unpaired) electrons. The van der Waals surface area contributed by atoms with Gasteiger partial charge in [0.1, 0.15) is 30.0 Å². The van der Waals surface area contributed by atoms with Crippen molar-refractivity contribution in [3.8, 4) is 11.5 Å². The predicted octanol–water partition coefficient (Wildman–Crippen LogP) is 4.03. The van der Waals surface area contributed by atoms with E-state index in [1.54, 1.807) is 37.7 Å². The van der Waals surface area contributed by atoms with E-state index in [9.17, 15) is 19.1 Å². The molecule has 3 unspecified atom stereocenters. The highest BCUT2D eigenvalue weighted by Crippen LogP contribution is 2.41. The fourth-order valence-electron chi connectivity index (χ4n) is 5.50. The molecular formula is C30H34FNO6. The maximum absolute atomic E-state index is 14.2. The van der Waals surface area contributed by atoms with Gasteiger partial charge in [-0.2, -0.15) is 0 Å². The van der Waals surface area contributed by atoms with Crippen LogP contribution in [-0.4, -0.2) is 49.3 Å². The van der Waals surface area contributed by atoms with Crippen molar-refractivity contribution in [1.82, 2.24) is 5.32 Å². The molecule has 2 aromatic rings. The van der Waals surface area contributed by atoms with Crippen molar-refractivity contribution in [3.63, 3.8) is 0 Å². The lowest BCUT2D eigenvalue weighted by Gasteiger charge is -2.37. The van der Waals surface area contributed by atoms with E-state index in [4.69, 9.17) is 14.2 Å². The summed E-state index contributed by atoms with van der Waals surface area (Å²) in [6.07, 6.45) is 4.90. The summed E-state index contributed by atoms with van der Waals surface area (Å²) in [6.45, 7) is 4.00. The zero-order valence-electron chi connectivity index (χ0n) is 22.1. The second-order valence-corrected chi connectivity index (χ2v) is 10.6. The Labute approximate surface area is 222 Å². The van der Waals surface area contributed by atoms with E-state index in [-0.39, 0.29) is 31.7 Å². The monoisotopic (exact) mass is 523 g/mol. The van der Waals surface area contributed by atoms with Crippen LogP contribution in [0.1, 0.15) is 37.8 Å². The number of ether oxygens (including phenoxy) is 3. The lowest BCUT2D eigenvalue weighted by Crippen LogP contribution is -2.48. The molecule has 8 heteroatoms. The molecule has 1 aliphatic heterocycles. The number of para-hydroxylation sites is 1. The van der Waals surface area contributed by atoms with Crippen LogP contribution in [0.25, 0.3) is 0 Å². The second kappa shape index (κ2) is 11.0. The van der Waals surface area contributed by atoms with E-state index in [0.29, 0.717) is 17.1 Å².